The van der Waals surface area contributed by atoms with Crippen LogP contribution in [0.4, 0.5) is 0 Å². The molecule has 0 spiro atoms. The van der Waals surface area contributed by atoms with E-state index in [2.05, 4.69) is 47.8 Å². The predicted molar refractivity (Wildman–Crippen MR) is 119 cm³/mol. The van der Waals surface area contributed by atoms with E-state index in [0.29, 0.717) is 21.4 Å². The van der Waals surface area contributed by atoms with Crippen molar-refractivity contribution in [3.8, 4) is 5.75 Å². The molecule has 3 aromatic carbocycles. The molecule has 0 bridgehead atoms. The number of alkyl halides is 3. The molecule has 3 rings (SSSR count). The minimum absolute atomic E-state index is 0.0970. The van der Waals surface area contributed by atoms with Crippen LogP contribution in [-0.4, -0.2) is 14.1 Å². The Morgan fingerprint density at radius 2 is 1.48 bits per heavy atom. The Labute approximate surface area is 185 Å². The second kappa shape index (κ2) is 7.94. The minimum atomic E-state index is -3.80. The van der Waals surface area contributed by atoms with Crippen molar-refractivity contribution in [3.05, 3.63) is 66.2 Å². The fourth-order valence-corrected chi connectivity index (χ4v) is 5.95. The molecule has 9 heteroatoms. The molecule has 0 fully saturated rings. The quantitative estimate of drug-likeness (QED) is 0.356. The minimum Gasteiger partial charge on any atom is -0.397 e. The zero-order valence-electron chi connectivity index (χ0n) is 13.9. The van der Waals surface area contributed by atoms with Crippen LogP contribution in [-0.2, 0) is 20.9 Å². The molecule has 0 aliphatic carbocycles. The number of fused-ring (bicyclic) bond motifs is 1. The molecule has 1 atom stereocenters. The third kappa shape index (κ3) is 4.32. The van der Waals surface area contributed by atoms with Gasteiger partial charge in [0.15, 0.2) is 0 Å². The van der Waals surface area contributed by atoms with Crippen LogP contribution in [0.25, 0.3) is 10.8 Å². The van der Waals surface area contributed by atoms with E-state index in [-0.39, 0.29) is 4.90 Å². The van der Waals surface area contributed by atoms with Crippen molar-refractivity contribution in [1.29, 1.82) is 0 Å². The molecule has 0 heterocycles. The third-order valence-electron chi connectivity index (χ3n) is 3.81. The number of benzene rings is 3. The van der Waals surface area contributed by atoms with Gasteiger partial charge in [-0.2, -0.15) is 0 Å². The number of hydrogen-bond donors (Lipinski definition) is 0. The summed E-state index contributed by atoms with van der Waals surface area (Å²) >= 11 is 7.44. The number of halogens is 3. The SMILES string of the molecule is Cc1ccc(OS(=O)c2cccc3c(S(=O)(=O)C(Br)(Br)Br)cccc23)cc1. The van der Waals surface area contributed by atoms with Crippen LogP contribution < -0.4 is 4.18 Å². The van der Waals surface area contributed by atoms with Crippen molar-refractivity contribution in [2.45, 2.75) is 18.2 Å². The summed E-state index contributed by atoms with van der Waals surface area (Å²) in [5.74, 6) is 0.472. The van der Waals surface area contributed by atoms with E-state index in [1.54, 1.807) is 42.5 Å². The fourth-order valence-electron chi connectivity index (χ4n) is 2.48. The van der Waals surface area contributed by atoms with Gasteiger partial charge in [-0.1, -0.05) is 42.0 Å². The summed E-state index contributed by atoms with van der Waals surface area (Å²) in [6.07, 6.45) is 0. The maximum absolute atomic E-state index is 12.8. The first-order valence-corrected chi connectivity index (χ1v) is 12.5. The van der Waals surface area contributed by atoms with E-state index in [9.17, 15) is 12.6 Å². The Bertz CT molecular complexity index is 1120. The van der Waals surface area contributed by atoms with Crippen LogP contribution in [0.5, 0.6) is 5.75 Å². The summed E-state index contributed by atoms with van der Waals surface area (Å²) in [6, 6.07) is 17.0. The molecule has 0 aromatic heterocycles. The molecular weight excluding hydrogens is 584 g/mol. The molecule has 0 saturated carbocycles. The largest absolute Gasteiger partial charge is 0.397 e. The van der Waals surface area contributed by atoms with Crippen molar-refractivity contribution in [1.82, 2.24) is 0 Å². The summed E-state index contributed by atoms with van der Waals surface area (Å²) in [5, 5.41) is 0.999. The molecule has 0 N–H and O–H groups in total. The van der Waals surface area contributed by atoms with E-state index < -0.39 is 22.4 Å². The maximum Gasteiger partial charge on any atom is 0.241 e. The Kier molecular flexibility index (Phi) is 6.17. The normalized spacial score (nSPS) is 13.5. The highest BCUT2D eigenvalue weighted by molar-refractivity contribution is 9.42. The van der Waals surface area contributed by atoms with Crippen LogP contribution in [0.1, 0.15) is 5.56 Å². The van der Waals surface area contributed by atoms with Gasteiger partial charge in [0, 0.05) is 10.8 Å². The smallest absolute Gasteiger partial charge is 0.241 e. The second-order valence-electron chi connectivity index (χ2n) is 5.69. The Balaban J connectivity index is 2.10. The summed E-state index contributed by atoms with van der Waals surface area (Å²) in [7, 11) is -3.80. The number of rotatable bonds is 4. The van der Waals surface area contributed by atoms with Gasteiger partial charge in [-0.25, -0.2) is 12.6 Å². The monoisotopic (exact) mass is 594 g/mol. The number of sulfone groups is 1. The molecule has 0 aliphatic rings. The van der Waals surface area contributed by atoms with Gasteiger partial charge in [0.05, 0.1) is 9.79 Å². The predicted octanol–water partition coefficient (Wildman–Crippen LogP) is 5.82. The summed E-state index contributed by atoms with van der Waals surface area (Å²) in [5.41, 5.74) is 1.07. The Morgan fingerprint density at radius 1 is 0.889 bits per heavy atom. The van der Waals surface area contributed by atoms with Gasteiger partial charge in [-0.05, 0) is 79.0 Å². The van der Waals surface area contributed by atoms with Crippen molar-refractivity contribution in [2.75, 3.05) is 0 Å². The van der Waals surface area contributed by atoms with Crippen molar-refractivity contribution >= 4 is 79.5 Å². The van der Waals surface area contributed by atoms with Gasteiger partial charge in [0.1, 0.15) is 5.75 Å². The molecular formula is C18H13Br3O4S2. The molecule has 0 radical (unpaired) electrons. The van der Waals surface area contributed by atoms with Crippen molar-refractivity contribution < 1.29 is 16.8 Å². The lowest BCUT2D eigenvalue weighted by Crippen LogP contribution is -2.18. The van der Waals surface area contributed by atoms with Crippen LogP contribution in [0.15, 0.2) is 70.5 Å². The summed E-state index contributed by atoms with van der Waals surface area (Å²) in [4.78, 5) is 0.495. The van der Waals surface area contributed by atoms with Crippen molar-refractivity contribution in [3.63, 3.8) is 0 Å². The topological polar surface area (TPSA) is 60.4 Å². The summed E-state index contributed by atoms with van der Waals surface area (Å²) in [6.45, 7) is 1.95. The average molecular weight is 597 g/mol. The molecule has 1 unspecified atom stereocenters. The van der Waals surface area contributed by atoms with Gasteiger partial charge < -0.3 is 4.18 Å². The van der Waals surface area contributed by atoms with Gasteiger partial charge in [0.25, 0.3) is 0 Å². The van der Waals surface area contributed by atoms with Gasteiger partial charge in [-0.15, -0.1) is 0 Å². The van der Waals surface area contributed by atoms with Gasteiger partial charge in [-0.3, -0.25) is 0 Å². The molecule has 0 amide bonds. The van der Waals surface area contributed by atoms with Gasteiger partial charge in [0.2, 0.25) is 22.4 Å². The molecule has 0 saturated heterocycles. The van der Waals surface area contributed by atoms with E-state index in [1.165, 1.54) is 6.07 Å². The highest BCUT2D eigenvalue weighted by Crippen LogP contribution is 2.45. The van der Waals surface area contributed by atoms with Gasteiger partial charge >= 0.3 is 0 Å². The van der Waals surface area contributed by atoms with E-state index in [4.69, 9.17) is 4.18 Å². The number of aryl methyl sites for hydroxylation is 1. The first-order valence-electron chi connectivity index (χ1n) is 7.61. The second-order valence-corrected chi connectivity index (χ2v) is 17.2. The van der Waals surface area contributed by atoms with E-state index in [1.807, 2.05) is 19.1 Å². The van der Waals surface area contributed by atoms with Crippen LogP contribution >= 0.6 is 47.8 Å². The Morgan fingerprint density at radius 3 is 2.11 bits per heavy atom. The molecule has 0 aliphatic heterocycles. The highest BCUT2D eigenvalue weighted by Gasteiger charge is 2.38. The maximum atomic E-state index is 12.8. The molecule has 3 aromatic rings. The Hall–Kier alpha value is -0.740. The van der Waals surface area contributed by atoms with Crippen LogP contribution in [0, 0.1) is 6.92 Å². The lowest BCUT2D eigenvalue weighted by Gasteiger charge is -2.16. The first-order chi connectivity index (χ1) is 12.6. The molecule has 142 valence electrons. The van der Waals surface area contributed by atoms with E-state index >= 15 is 0 Å². The number of hydrogen-bond acceptors (Lipinski definition) is 4. The summed E-state index contributed by atoms with van der Waals surface area (Å²) < 4.78 is 42.5. The van der Waals surface area contributed by atoms with E-state index in [0.717, 1.165) is 5.56 Å². The zero-order chi connectivity index (χ0) is 19.8. The average Bonchev–Trinajstić information content (AvgIpc) is 2.61. The fraction of sp³-hybridized carbons (Fsp3) is 0.111. The lowest BCUT2D eigenvalue weighted by molar-refractivity contribution is 0.562. The molecule has 27 heavy (non-hydrogen) atoms. The standard InChI is InChI=1S/C18H13Br3O4S2/c1-12-8-10-13(11-9-12)25-26(22)16-6-2-5-15-14(16)4-3-7-17(15)27(23,24)18(19,20)21/h2-11H,1H3. The van der Waals surface area contributed by atoms with Crippen molar-refractivity contribution in [2.24, 2.45) is 0 Å². The highest BCUT2D eigenvalue weighted by atomic mass is 80.0. The zero-order valence-corrected chi connectivity index (χ0v) is 20.2. The van der Waals surface area contributed by atoms with Crippen LogP contribution in [0.3, 0.4) is 0 Å². The lowest BCUT2D eigenvalue weighted by atomic mass is 10.1. The first kappa shape index (κ1) is 21.0. The van der Waals surface area contributed by atoms with Crippen LogP contribution in [0.2, 0.25) is 0 Å². The third-order valence-corrected chi connectivity index (χ3v) is 10.2. The molecule has 4 nitrogen and oxygen atoms in total.